The number of furan rings is 1. The van der Waals surface area contributed by atoms with Gasteiger partial charge >= 0.3 is 5.97 Å². The molecule has 0 fully saturated rings. The van der Waals surface area contributed by atoms with Crippen LogP contribution in [0.15, 0.2) is 64.3 Å². The molecule has 37 heavy (non-hydrogen) atoms. The number of ketones is 1. The summed E-state index contributed by atoms with van der Waals surface area (Å²) >= 11 is 0. The molecule has 1 aliphatic rings. The number of carbonyl (C=O) groups excluding carboxylic acids is 3. The van der Waals surface area contributed by atoms with E-state index < -0.39 is 29.5 Å². The summed E-state index contributed by atoms with van der Waals surface area (Å²) in [7, 11) is 2.78. The highest BCUT2D eigenvalue weighted by Gasteiger charge is 2.40. The second-order valence-electron chi connectivity index (χ2n) is 8.78. The van der Waals surface area contributed by atoms with Crippen LogP contribution in [0.25, 0.3) is 11.0 Å². The Morgan fingerprint density at radius 3 is 2.41 bits per heavy atom. The molecule has 1 aromatic heterocycles. The molecular weight excluding hydrogens is 476 g/mol. The zero-order valence-corrected chi connectivity index (χ0v) is 21.3. The molecule has 1 N–H and O–H groups in total. The fourth-order valence-electron chi connectivity index (χ4n) is 4.69. The number of ether oxygens (including phenoxy) is 2. The number of nitrogens with one attached hydrogen (secondary N) is 1. The second kappa shape index (κ2) is 10.9. The van der Waals surface area contributed by atoms with Gasteiger partial charge in [-0.3, -0.25) is 9.59 Å². The van der Waals surface area contributed by atoms with E-state index in [0.29, 0.717) is 34.4 Å². The van der Waals surface area contributed by atoms with Crippen LogP contribution in [0.1, 0.15) is 46.4 Å². The minimum atomic E-state index is -0.913. The van der Waals surface area contributed by atoms with Crippen molar-refractivity contribution in [3.05, 3.63) is 76.8 Å². The number of likely N-dealkylation sites (N-methyl/N-ethyl adjacent to an activating group) is 1. The highest BCUT2D eigenvalue weighted by atomic mass is 16.5. The maximum atomic E-state index is 13.7. The predicted molar refractivity (Wildman–Crippen MR) is 133 cm³/mol. The Balaban J connectivity index is 1.77. The lowest BCUT2D eigenvalue weighted by Gasteiger charge is -2.29. The molecule has 3 aromatic rings. The summed E-state index contributed by atoms with van der Waals surface area (Å²) in [6.45, 7) is 6.73. The summed E-state index contributed by atoms with van der Waals surface area (Å²) < 4.78 is 15.9. The van der Waals surface area contributed by atoms with E-state index in [1.54, 1.807) is 48.5 Å². The number of Topliss-reactive ketones (excluding diaryl/α,β-unsaturated/α-hetero) is 1. The number of methoxy groups -OCH3 is 2. The van der Waals surface area contributed by atoms with Gasteiger partial charge in [0, 0.05) is 11.0 Å². The predicted octanol–water partition coefficient (Wildman–Crippen LogP) is 1.53. The van der Waals surface area contributed by atoms with Crippen LogP contribution in [0.2, 0.25) is 0 Å². The van der Waals surface area contributed by atoms with E-state index in [1.165, 1.54) is 24.0 Å². The number of benzene rings is 2. The highest BCUT2D eigenvalue weighted by Crippen LogP contribution is 2.39. The highest BCUT2D eigenvalue weighted by molar-refractivity contribution is 6.16. The molecule has 9 heteroatoms. The third-order valence-corrected chi connectivity index (χ3v) is 6.83. The summed E-state index contributed by atoms with van der Waals surface area (Å²) in [5.74, 6) is -2.35. The first-order valence-electron chi connectivity index (χ1n) is 12.2. The van der Waals surface area contributed by atoms with E-state index in [2.05, 4.69) is 13.8 Å². The third-order valence-electron chi connectivity index (χ3n) is 6.83. The molecule has 0 saturated heterocycles. The van der Waals surface area contributed by atoms with Crippen LogP contribution in [-0.4, -0.2) is 63.0 Å². The van der Waals surface area contributed by atoms with Gasteiger partial charge in [0.25, 0.3) is 0 Å². The lowest BCUT2D eigenvalue weighted by molar-refractivity contribution is -0.895. The number of hydrogen-bond donors (Lipinski definition) is 1. The molecule has 0 radical (unpaired) electrons. The fraction of sp³-hybridized carbons (Fsp3) is 0.321. The molecule has 194 valence electrons. The zero-order valence-electron chi connectivity index (χ0n) is 21.3. The first-order chi connectivity index (χ1) is 17.8. The molecule has 0 bridgehead atoms. The lowest BCUT2D eigenvalue weighted by Crippen LogP contribution is -3.12. The maximum absolute atomic E-state index is 13.7. The number of quaternary nitrogens is 1. The van der Waals surface area contributed by atoms with Gasteiger partial charge in [-0.15, -0.1) is 0 Å². The van der Waals surface area contributed by atoms with Crippen LogP contribution < -0.4 is 14.7 Å². The van der Waals surface area contributed by atoms with Crippen LogP contribution >= 0.6 is 0 Å². The van der Waals surface area contributed by atoms with E-state index in [1.807, 2.05) is 0 Å². The number of esters is 1. The zero-order chi connectivity index (χ0) is 26.7. The van der Waals surface area contributed by atoms with Gasteiger partial charge in [0.05, 0.1) is 52.0 Å². The third kappa shape index (κ3) is 4.82. The van der Waals surface area contributed by atoms with Gasteiger partial charge in [-0.05, 0) is 49.4 Å². The van der Waals surface area contributed by atoms with E-state index in [0.717, 1.165) is 13.1 Å². The molecule has 0 saturated carbocycles. The summed E-state index contributed by atoms with van der Waals surface area (Å²) in [4.78, 5) is 41.5. The van der Waals surface area contributed by atoms with Crippen molar-refractivity contribution in [2.75, 3.05) is 40.4 Å². The average Bonchev–Trinajstić information content (AvgIpc) is 3.47. The first kappa shape index (κ1) is 26.0. The van der Waals surface area contributed by atoms with Crippen molar-refractivity contribution in [3.8, 4) is 5.75 Å². The number of para-hydroxylation sites is 1. The monoisotopic (exact) mass is 506 g/mol. The topological polar surface area (TPSA) is 114 Å². The van der Waals surface area contributed by atoms with Crippen molar-refractivity contribution in [1.29, 1.82) is 0 Å². The Hall–Kier alpha value is -4.11. The average molecular weight is 507 g/mol. The van der Waals surface area contributed by atoms with Gasteiger partial charge in [0.2, 0.25) is 11.7 Å². The number of nitrogens with zero attached hydrogens (tertiary/aromatic N) is 1. The maximum Gasteiger partial charge on any atom is 0.337 e. The quantitative estimate of drug-likeness (QED) is 0.328. The first-order valence-corrected chi connectivity index (χ1v) is 12.2. The second-order valence-corrected chi connectivity index (χ2v) is 8.78. The van der Waals surface area contributed by atoms with Gasteiger partial charge in [-0.25, -0.2) is 4.79 Å². The Morgan fingerprint density at radius 2 is 1.78 bits per heavy atom. The number of hydrogen-bond acceptors (Lipinski definition) is 7. The number of carbonyl (C=O) groups is 3. The van der Waals surface area contributed by atoms with Gasteiger partial charge in [-0.2, -0.15) is 0 Å². The molecule has 1 aliphatic heterocycles. The minimum absolute atomic E-state index is 0.0527. The van der Waals surface area contributed by atoms with Gasteiger partial charge in [-0.1, -0.05) is 24.3 Å². The largest absolute Gasteiger partial charge is 0.868 e. The summed E-state index contributed by atoms with van der Waals surface area (Å²) in [6, 6.07) is 12.3. The molecule has 1 unspecified atom stereocenters. The Labute approximate surface area is 214 Å². The van der Waals surface area contributed by atoms with E-state index in [-0.39, 0.29) is 17.9 Å². The van der Waals surface area contributed by atoms with Gasteiger partial charge < -0.3 is 28.8 Å². The molecule has 0 aliphatic carbocycles. The minimum Gasteiger partial charge on any atom is -0.868 e. The molecule has 4 rings (SSSR count). The van der Waals surface area contributed by atoms with Gasteiger partial charge in [0.1, 0.15) is 0 Å². The Bertz CT molecular complexity index is 1350. The van der Waals surface area contributed by atoms with E-state index >= 15 is 0 Å². The smallest absolute Gasteiger partial charge is 0.337 e. The molecule has 9 nitrogen and oxygen atoms in total. The molecule has 1 atom stereocenters. The fourth-order valence-corrected chi connectivity index (χ4v) is 4.69. The number of fused-ring (bicyclic) bond motifs is 1. The molecule has 0 spiro atoms. The van der Waals surface area contributed by atoms with Crippen LogP contribution in [0.3, 0.4) is 0 Å². The molecule has 1 amide bonds. The van der Waals surface area contributed by atoms with Crippen LogP contribution in [0, 0.1) is 0 Å². The van der Waals surface area contributed by atoms with E-state index in [9.17, 15) is 19.5 Å². The Kier molecular flexibility index (Phi) is 7.63. The van der Waals surface area contributed by atoms with Crippen LogP contribution in [0.4, 0.5) is 0 Å². The van der Waals surface area contributed by atoms with Crippen molar-refractivity contribution < 1.29 is 38.3 Å². The van der Waals surface area contributed by atoms with Crippen molar-refractivity contribution in [2.24, 2.45) is 0 Å². The van der Waals surface area contributed by atoms with Crippen molar-refractivity contribution >= 4 is 28.6 Å². The van der Waals surface area contributed by atoms with Crippen molar-refractivity contribution in [2.45, 2.75) is 19.9 Å². The summed E-state index contributed by atoms with van der Waals surface area (Å²) in [5, 5.41) is 13.9. The normalized spacial score (nSPS) is 15.6. The van der Waals surface area contributed by atoms with Gasteiger partial charge in [0.15, 0.2) is 17.1 Å². The van der Waals surface area contributed by atoms with Crippen molar-refractivity contribution in [3.63, 3.8) is 0 Å². The van der Waals surface area contributed by atoms with Crippen LogP contribution in [0.5, 0.6) is 5.75 Å². The SMILES string of the molecule is CC[NH+](CC)CCN1C(=O)C([O-])=C(C(=O)c2cc3cccc(OC)c3o2)C1c1ccc(C(=O)OC)cc1. The number of rotatable bonds is 10. The summed E-state index contributed by atoms with van der Waals surface area (Å²) in [5.41, 5.74) is 1.06. The molecule has 2 aromatic carbocycles. The Morgan fingerprint density at radius 1 is 1.08 bits per heavy atom. The van der Waals surface area contributed by atoms with E-state index in [4.69, 9.17) is 13.9 Å². The molecular formula is C28H30N2O7. The molecule has 2 heterocycles. The summed E-state index contributed by atoms with van der Waals surface area (Å²) in [6.07, 6.45) is 0. The number of amides is 1. The lowest BCUT2D eigenvalue weighted by atomic mass is 9.94. The standard InChI is InChI=1S/C28H30N2O7/c1-5-29(6-2)14-15-30-23(17-10-12-18(13-11-17)28(34)36-4)22(25(32)27(30)33)24(31)21-16-19-8-7-9-20(35-3)26(19)37-21/h7-13,16,23,32H,5-6,14-15H2,1-4H3. The van der Waals surface area contributed by atoms with Crippen LogP contribution in [-0.2, 0) is 9.53 Å². The van der Waals surface area contributed by atoms with Crippen molar-refractivity contribution in [1.82, 2.24) is 4.90 Å².